The van der Waals surface area contributed by atoms with Gasteiger partial charge in [-0.1, -0.05) is 19.9 Å². The third-order valence-electron chi connectivity index (χ3n) is 2.85. The number of thioether (sulfide) groups is 1. The second kappa shape index (κ2) is 7.46. The van der Waals surface area contributed by atoms with Gasteiger partial charge in [0.25, 0.3) is 0 Å². The van der Waals surface area contributed by atoms with Crippen LogP contribution >= 0.6 is 11.8 Å². The zero-order valence-corrected chi connectivity index (χ0v) is 12.0. The van der Waals surface area contributed by atoms with E-state index in [-0.39, 0.29) is 11.8 Å². The predicted molar refractivity (Wildman–Crippen MR) is 73.4 cm³/mol. The summed E-state index contributed by atoms with van der Waals surface area (Å²) >= 11 is 1.86. The van der Waals surface area contributed by atoms with E-state index in [4.69, 9.17) is 0 Å². The number of methoxy groups -OCH3 is 1. The van der Waals surface area contributed by atoms with Crippen LogP contribution in [-0.4, -0.2) is 36.0 Å². The van der Waals surface area contributed by atoms with Crippen molar-refractivity contribution in [1.29, 1.82) is 0 Å². The number of hydrogen-bond acceptors (Lipinski definition) is 4. The average Bonchev–Trinajstić information content (AvgIpc) is 2.85. The minimum Gasteiger partial charge on any atom is -0.467 e. The molecule has 1 rings (SSSR count). The summed E-state index contributed by atoms with van der Waals surface area (Å²) in [5, 5.41) is 3.12. The number of rotatable bonds is 5. The van der Waals surface area contributed by atoms with Gasteiger partial charge in [0.15, 0.2) is 0 Å². The number of esters is 1. The fourth-order valence-electron chi connectivity index (χ4n) is 1.78. The Morgan fingerprint density at radius 3 is 2.67 bits per heavy atom. The maximum absolute atomic E-state index is 11.7. The molecule has 2 unspecified atom stereocenters. The van der Waals surface area contributed by atoms with Gasteiger partial charge in [0.05, 0.1) is 7.11 Å². The molecule has 18 heavy (non-hydrogen) atoms. The first-order valence-corrected chi connectivity index (χ1v) is 7.27. The molecule has 1 aliphatic rings. The van der Waals surface area contributed by atoms with Gasteiger partial charge in [-0.25, -0.2) is 4.79 Å². The Bertz CT molecular complexity index is 322. The van der Waals surface area contributed by atoms with Crippen LogP contribution in [0.1, 0.15) is 26.7 Å². The molecule has 0 aromatic heterocycles. The van der Waals surface area contributed by atoms with Gasteiger partial charge in [0.2, 0.25) is 5.91 Å². The van der Waals surface area contributed by atoms with Crippen LogP contribution in [0.5, 0.6) is 0 Å². The van der Waals surface area contributed by atoms with Crippen LogP contribution in [0.25, 0.3) is 0 Å². The van der Waals surface area contributed by atoms with Crippen molar-refractivity contribution in [1.82, 2.24) is 5.32 Å². The van der Waals surface area contributed by atoms with Crippen molar-refractivity contribution >= 4 is 23.6 Å². The summed E-state index contributed by atoms with van der Waals surface area (Å²) in [4.78, 5) is 23.2. The van der Waals surface area contributed by atoms with E-state index in [9.17, 15) is 9.59 Å². The predicted octanol–water partition coefficient (Wildman–Crippen LogP) is 1.75. The van der Waals surface area contributed by atoms with Crippen LogP contribution < -0.4 is 5.32 Å². The lowest BCUT2D eigenvalue weighted by Gasteiger charge is -2.18. The summed E-state index contributed by atoms with van der Waals surface area (Å²) in [6.45, 7) is 3.75. The Morgan fingerprint density at radius 1 is 1.44 bits per heavy atom. The van der Waals surface area contributed by atoms with Crippen LogP contribution in [0.15, 0.2) is 12.2 Å². The molecule has 0 radical (unpaired) electrons. The molecule has 0 bridgehead atoms. The first-order chi connectivity index (χ1) is 8.54. The number of carbonyl (C=O) groups excluding carboxylic acids is 2. The van der Waals surface area contributed by atoms with E-state index in [2.05, 4.69) is 10.1 Å². The molecule has 102 valence electrons. The van der Waals surface area contributed by atoms with Crippen molar-refractivity contribution in [3.63, 3.8) is 0 Å². The summed E-state index contributed by atoms with van der Waals surface area (Å²) in [6, 6.07) is -0.580. The molecule has 5 heteroatoms. The minimum absolute atomic E-state index is 0.00987. The lowest BCUT2D eigenvalue weighted by molar-refractivity contribution is -0.145. The van der Waals surface area contributed by atoms with Gasteiger partial charge in [0, 0.05) is 11.3 Å². The quantitative estimate of drug-likeness (QED) is 0.611. The minimum atomic E-state index is -0.580. The van der Waals surface area contributed by atoms with Gasteiger partial charge in [-0.2, -0.15) is 11.8 Å². The standard InChI is InChI=1S/C13H21NO3S/c1-9(2)12(13(16)17-3)14-11(15)7-6-10-5-4-8-18-10/h6-7,9-10,12H,4-5,8H2,1-3H3,(H,14,15)/b7-6+. The first kappa shape index (κ1) is 15.1. The highest BCUT2D eigenvalue weighted by molar-refractivity contribution is 8.00. The molecule has 1 saturated heterocycles. The third-order valence-corrected chi connectivity index (χ3v) is 4.19. The van der Waals surface area contributed by atoms with E-state index in [1.54, 1.807) is 0 Å². The molecular weight excluding hydrogens is 250 g/mol. The zero-order valence-electron chi connectivity index (χ0n) is 11.1. The third kappa shape index (κ3) is 4.72. The molecule has 0 aliphatic carbocycles. The van der Waals surface area contributed by atoms with Crippen molar-refractivity contribution in [2.45, 2.75) is 38.0 Å². The van der Waals surface area contributed by atoms with E-state index in [1.807, 2.05) is 31.7 Å². The van der Waals surface area contributed by atoms with Crippen LogP contribution in [0, 0.1) is 5.92 Å². The fraction of sp³-hybridized carbons (Fsp3) is 0.692. The second-order valence-corrected chi connectivity index (χ2v) is 6.01. The lowest BCUT2D eigenvalue weighted by Crippen LogP contribution is -2.44. The van der Waals surface area contributed by atoms with E-state index in [1.165, 1.54) is 19.6 Å². The molecule has 1 fully saturated rings. The fourth-order valence-corrected chi connectivity index (χ4v) is 2.93. The highest BCUT2D eigenvalue weighted by atomic mass is 32.2. The number of hydrogen-bond donors (Lipinski definition) is 1. The maximum Gasteiger partial charge on any atom is 0.328 e. The molecular formula is C13H21NO3S. The first-order valence-electron chi connectivity index (χ1n) is 6.22. The van der Waals surface area contributed by atoms with Crippen LogP contribution in [0.3, 0.4) is 0 Å². The van der Waals surface area contributed by atoms with Gasteiger partial charge < -0.3 is 10.1 Å². The number of ether oxygens (including phenoxy) is 1. The van der Waals surface area contributed by atoms with Crippen LogP contribution in [-0.2, 0) is 14.3 Å². The molecule has 1 amide bonds. The monoisotopic (exact) mass is 271 g/mol. The van der Waals surface area contributed by atoms with Gasteiger partial charge in [-0.05, 0) is 24.5 Å². The summed E-state index contributed by atoms with van der Waals surface area (Å²) in [5.74, 6) is 0.539. The molecule has 1 heterocycles. The Labute approximate surface area is 113 Å². The Morgan fingerprint density at radius 2 is 2.17 bits per heavy atom. The van der Waals surface area contributed by atoms with Gasteiger partial charge >= 0.3 is 5.97 Å². The summed E-state index contributed by atoms with van der Waals surface area (Å²) < 4.78 is 4.67. The molecule has 0 aromatic rings. The number of amides is 1. The smallest absolute Gasteiger partial charge is 0.328 e. The Hall–Kier alpha value is -0.970. The average molecular weight is 271 g/mol. The van der Waals surface area contributed by atoms with E-state index in [0.717, 1.165) is 12.2 Å². The van der Waals surface area contributed by atoms with E-state index in [0.29, 0.717) is 5.25 Å². The largest absolute Gasteiger partial charge is 0.467 e. The van der Waals surface area contributed by atoms with Crippen molar-refractivity contribution in [2.24, 2.45) is 5.92 Å². The maximum atomic E-state index is 11.7. The highest BCUT2D eigenvalue weighted by Crippen LogP contribution is 2.26. The zero-order chi connectivity index (χ0) is 13.5. The Kier molecular flexibility index (Phi) is 6.25. The van der Waals surface area contributed by atoms with Crippen molar-refractivity contribution in [3.05, 3.63) is 12.2 Å². The Balaban J connectivity index is 2.47. The summed E-state index contributed by atoms with van der Waals surface area (Å²) in [6.07, 6.45) is 5.78. The molecule has 0 saturated carbocycles. The summed E-state index contributed by atoms with van der Waals surface area (Å²) in [5.41, 5.74) is 0. The molecule has 0 aromatic carbocycles. The lowest BCUT2D eigenvalue weighted by atomic mass is 10.0. The summed E-state index contributed by atoms with van der Waals surface area (Å²) in [7, 11) is 1.33. The SMILES string of the molecule is COC(=O)C(NC(=O)/C=C/C1CCCS1)C(C)C. The molecule has 1 N–H and O–H groups in total. The molecule has 4 nitrogen and oxygen atoms in total. The van der Waals surface area contributed by atoms with Gasteiger partial charge in [-0.15, -0.1) is 0 Å². The van der Waals surface area contributed by atoms with Gasteiger partial charge in [0.1, 0.15) is 6.04 Å². The van der Waals surface area contributed by atoms with E-state index < -0.39 is 12.0 Å². The molecule has 1 aliphatic heterocycles. The van der Waals surface area contributed by atoms with Crippen molar-refractivity contribution in [2.75, 3.05) is 12.9 Å². The van der Waals surface area contributed by atoms with E-state index >= 15 is 0 Å². The number of nitrogens with one attached hydrogen (secondary N) is 1. The molecule has 0 spiro atoms. The second-order valence-electron chi connectivity index (χ2n) is 4.66. The topological polar surface area (TPSA) is 55.4 Å². The highest BCUT2D eigenvalue weighted by Gasteiger charge is 2.24. The van der Waals surface area contributed by atoms with Crippen molar-refractivity contribution in [3.8, 4) is 0 Å². The van der Waals surface area contributed by atoms with Crippen LogP contribution in [0.4, 0.5) is 0 Å². The van der Waals surface area contributed by atoms with Crippen molar-refractivity contribution < 1.29 is 14.3 Å². The number of carbonyl (C=O) groups is 2. The van der Waals surface area contributed by atoms with Gasteiger partial charge in [-0.3, -0.25) is 4.79 Å². The van der Waals surface area contributed by atoms with Crippen LogP contribution in [0.2, 0.25) is 0 Å². The normalized spacial score (nSPS) is 21.2. The molecule has 2 atom stereocenters.